The average Bonchev–Trinajstić information content (AvgIpc) is 3.10. The quantitative estimate of drug-likeness (QED) is 0.639. The minimum absolute atomic E-state index is 0. The highest BCUT2D eigenvalue weighted by molar-refractivity contribution is 5.85. The fraction of sp³-hybridized carbons (Fsp3) is 0.588. The summed E-state index contributed by atoms with van der Waals surface area (Å²) in [5, 5.41) is 14.7. The van der Waals surface area contributed by atoms with Crippen LogP contribution in [0.3, 0.4) is 0 Å². The summed E-state index contributed by atoms with van der Waals surface area (Å²) in [5.74, 6) is -0.761. The summed E-state index contributed by atoms with van der Waals surface area (Å²) in [5.41, 5.74) is -0.787. The molecule has 0 saturated carbocycles. The molecule has 3 N–H and O–H groups in total. The number of anilines is 1. The number of carbonyl (C=O) groups excluding carboxylic acids is 1. The Morgan fingerprint density at radius 3 is 2.34 bits per heavy atom. The molecule has 0 unspecified atom stereocenters. The molecule has 12 heteroatoms. The van der Waals surface area contributed by atoms with Crippen LogP contribution in [0.5, 0.6) is 0 Å². The Morgan fingerprint density at radius 2 is 1.86 bits per heavy atom. The van der Waals surface area contributed by atoms with Gasteiger partial charge >= 0.3 is 12.1 Å². The van der Waals surface area contributed by atoms with E-state index >= 15 is 0 Å². The molecule has 29 heavy (non-hydrogen) atoms. The van der Waals surface area contributed by atoms with Crippen LogP contribution in [0.15, 0.2) is 18.3 Å². The van der Waals surface area contributed by atoms with Crippen molar-refractivity contribution in [3.05, 3.63) is 23.9 Å². The lowest BCUT2D eigenvalue weighted by atomic mass is 9.95. The lowest BCUT2D eigenvalue weighted by molar-refractivity contribution is -0.139. The average molecular weight is 459 g/mol. The first kappa shape index (κ1) is 25.3. The number of alkyl halides is 3. The number of hydrogen-bond acceptors (Lipinski definition) is 5. The fourth-order valence-electron chi connectivity index (χ4n) is 3.46. The molecule has 2 fully saturated rings. The number of nitrogens with one attached hydrogen (secondary N) is 2. The SMILES string of the molecule is Cl.Cl.O=C(N[C@@H]1CN[C@H](C(=O)O)C1)C1CCN(c2ccc(C(F)(F)F)cn2)CC1. The van der Waals surface area contributed by atoms with Gasteiger partial charge in [-0.15, -0.1) is 24.8 Å². The number of piperidine rings is 1. The molecule has 0 bridgehead atoms. The first-order valence-electron chi connectivity index (χ1n) is 8.79. The molecule has 7 nitrogen and oxygen atoms in total. The molecule has 1 amide bonds. The van der Waals surface area contributed by atoms with Crippen molar-refractivity contribution in [2.75, 3.05) is 24.5 Å². The predicted molar refractivity (Wildman–Crippen MR) is 105 cm³/mol. The van der Waals surface area contributed by atoms with Crippen molar-refractivity contribution >= 4 is 42.5 Å². The number of hydrogen-bond donors (Lipinski definition) is 3. The Balaban J connectivity index is 0.00000210. The number of aliphatic carboxylic acids is 1. The third-order valence-electron chi connectivity index (χ3n) is 5.04. The summed E-state index contributed by atoms with van der Waals surface area (Å²) in [6.45, 7) is 1.48. The minimum Gasteiger partial charge on any atom is -0.480 e. The second kappa shape index (κ2) is 10.3. The summed E-state index contributed by atoms with van der Waals surface area (Å²) >= 11 is 0. The van der Waals surface area contributed by atoms with E-state index in [2.05, 4.69) is 15.6 Å². The Labute approximate surface area is 178 Å². The molecule has 0 spiro atoms. The molecule has 0 radical (unpaired) electrons. The van der Waals surface area contributed by atoms with Crippen molar-refractivity contribution in [2.45, 2.75) is 37.5 Å². The zero-order valence-corrected chi connectivity index (χ0v) is 16.9. The zero-order chi connectivity index (χ0) is 19.6. The van der Waals surface area contributed by atoms with Gasteiger partial charge in [-0.1, -0.05) is 0 Å². The molecule has 164 valence electrons. The van der Waals surface area contributed by atoms with E-state index in [1.165, 1.54) is 6.07 Å². The molecule has 1 aromatic heterocycles. The first-order valence-corrected chi connectivity index (χ1v) is 8.79. The van der Waals surface area contributed by atoms with Crippen LogP contribution in [0, 0.1) is 5.92 Å². The van der Waals surface area contributed by atoms with Gasteiger partial charge < -0.3 is 20.6 Å². The van der Waals surface area contributed by atoms with Crippen molar-refractivity contribution in [3.8, 4) is 0 Å². The summed E-state index contributed by atoms with van der Waals surface area (Å²) in [4.78, 5) is 29.1. The van der Waals surface area contributed by atoms with Crippen LogP contribution in [-0.4, -0.2) is 53.7 Å². The van der Waals surface area contributed by atoms with Crippen molar-refractivity contribution in [1.82, 2.24) is 15.6 Å². The van der Waals surface area contributed by atoms with Crippen LogP contribution in [0.4, 0.5) is 19.0 Å². The van der Waals surface area contributed by atoms with Gasteiger partial charge in [0.05, 0.1) is 5.56 Å². The number of carboxylic acid groups (broad SMARTS) is 1. The molecule has 2 saturated heterocycles. The molecule has 0 aromatic carbocycles. The molecule has 2 aliphatic heterocycles. The summed E-state index contributed by atoms with van der Waals surface area (Å²) in [6, 6.07) is 1.52. The molecule has 3 rings (SSSR count). The lowest BCUT2D eigenvalue weighted by Crippen LogP contribution is -2.44. The van der Waals surface area contributed by atoms with Crippen molar-refractivity contribution < 1.29 is 27.9 Å². The van der Waals surface area contributed by atoms with E-state index in [1.54, 1.807) is 0 Å². The van der Waals surface area contributed by atoms with Crippen molar-refractivity contribution in [3.63, 3.8) is 0 Å². The Hall–Kier alpha value is -1.78. The maximum Gasteiger partial charge on any atom is 0.417 e. The van der Waals surface area contributed by atoms with Crippen molar-refractivity contribution in [1.29, 1.82) is 0 Å². The highest BCUT2D eigenvalue weighted by Crippen LogP contribution is 2.30. The molecule has 2 aliphatic rings. The number of aromatic nitrogens is 1. The molecule has 0 aliphatic carbocycles. The molecular weight excluding hydrogens is 436 g/mol. The number of amides is 1. The van der Waals surface area contributed by atoms with Crippen LogP contribution in [0.1, 0.15) is 24.8 Å². The number of nitrogens with zero attached hydrogens (tertiary/aromatic N) is 2. The van der Waals surface area contributed by atoms with Crippen LogP contribution in [-0.2, 0) is 15.8 Å². The van der Waals surface area contributed by atoms with Gasteiger partial charge in [-0.25, -0.2) is 4.98 Å². The van der Waals surface area contributed by atoms with Gasteiger partial charge in [0.15, 0.2) is 0 Å². The zero-order valence-electron chi connectivity index (χ0n) is 15.3. The van der Waals surface area contributed by atoms with Gasteiger partial charge in [0.2, 0.25) is 5.91 Å². The normalized spacial score (nSPS) is 22.4. The molecular formula is C17H23Cl2F3N4O3. The maximum atomic E-state index is 12.6. The van der Waals surface area contributed by atoms with Crippen LogP contribution in [0.25, 0.3) is 0 Å². The van der Waals surface area contributed by atoms with E-state index < -0.39 is 23.8 Å². The van der Waals surface area contributed by atoms with E-state index in [1.807, 2.05) is 4.90 Å². The predicted octanol–water partition coefficient (Wildman–Crippen LogP) is 2.09. The maximum absolute atomic E-state index is 12.6. The van der Waals surface area contributed by atoms with Crippen LogP contribution < -0.4 is 15.5 Å². The minimum atomic E-state index is -4.41. The first-order chi connectivity index (χ1) is 12.7. The van der Waals surface area contributed by atoms with Gasteiger partial charge in [0.1, 0.15) is 11.9 Å². The number of pyridine rings is 1. The third kappa shape index (κ3) is 6.35. The van der Waals surface area contributed by atoms with Crippen LogP contribution in [0.2, 0.25) is 0 Å². The molecule has 3 heterocycles. The largest absolute Gasteiger partial charge is 0.480 e. The Morgan fingerprint density at radius 1 is 1.21 bits per heavy atom. The monoisotopic (exact) mass is 458 g/mol. The van der Waals surface area contributed by atoms with E-state index in [0.29, 0.717) is 44.7 Å². The highest BCUT2D eigenvalue weighted by atomic mass is 35.5. The number of halogens is 5. The second-order valence-corrected chi connectivity index (χ2v) is 6.90. The lowest BCUT2D eigenvalue weighted by Gasteiger charge is -2.32. The van der Waals surface area contributed by atoms with Gasteiger partial charge in [-0.2, -0.15) is 13.2 Å². The second-order valence-electron chi connectivity index (χ2n) is 6.90. The van der Waals surface area contributed by atoms with Gasteiger partial charge in [0, 0.05) is 37.8 Å². The van der Waals surface area contributed by atoms with Gasteiger partial charge in [-0.3, -0.25) is 9.59 Å². The smallest absolute Gasteiger partial charge is 0.417 e. The standard InChI is InChI=1S/C17H21F3N4O3.2ClH/c18-17(19,20)11-1-2-14(22-8-11)24-5-3-10(4-6-24)15(25)23-12-7-13(16(26)27)21-9-12;;/h1-2,8,10,12-13,21H,3-7,9H2,(H,23,25)(H,26,27);2*1H/t12-,13-;;/m0../s1. The van der Waals surface area contributed by atoms with Crippen molar-refractivity contribution in [2.24, 2.45) is 5.92 Å². The van der Waals surface area contributed by atoms with E-state index in [0.717, 1.165) is 12.3 Å². The van der Waals surface area contributed by atoms with E-state index in [-0.39, 0.29) is 42.7 Å². The van der Waals surface area contributed by atoms with E-state index in [9.17, 15) is 22.8 Å². The topological polar surface area (TPSA) is 94.6 Å². The summed E-state index contributed by atoms with van der Waals surface area (Å²) in [6.07, 6.45) is -2.10. The fourth-order valence-corrected chi connectivity index (χ4v) is 3.46. The molecule has 1 aromatic rings. The Kier molecular flexibility index (Phi) is 8.98. The van der Waals surface area contributed by atoms with Crippen LogP contribution >= 0.6 is 24.8 Å². The number of rotatable bonds is 4. The third-order valence-corrected chi connectivity index (χ3v) is 5.04. The molecule has 2 atom stereocenters. The van der Waals surface area contributed by atoms with Gasteiger partial charge in [0.25, 0.3) is 0 Å². The summed E-state index contributed by atoms with van der Waals surface area (Å²) < 4.78 is 37.8. The Bertz CT molecular complexity index is 698. The van der Waals surface area contributed by atoms with Gasteiger partial charge in [-0.05, 0) is 31.4 Å². The number of carbonyl (C=O) groups is 2. The summed E-state index contributed by atoms with van der Waals surface area (Å²) in [7, 11) is 0. The van der Waals surface area contributed by atoms with E-state index in [4.69, 9.17) is 5.11 Å². The highest BCUT2D eigenvalue weighted by Gasteiger charge is 2.33. The number of carboxylic acids is 1.